The molecule has 0 spiro atoms. The fourth-order valence-corrected chi connectivity index (χ4v) is 3.89. The number of carbonyl (C=O) groups excluding carboxylic acids is 1. The minimum Gasteiger partial charge on any atom is -0.325 e. The third-order valence-electron chi connectivity index (χ3n) is 4.13. The van der Waals surface area contributed by atoms with Crippen LogP contribution in [0.15, 0.2) is 48.7 Å². The van der Waals surface area contributed by atoms with Crippen LogP contribution in [0.1, 0.15) is 26.7 Å². The summed E-state index contributed by atoms with van der Waals surface area (Å²) in [6.45, 7) is 2.88. The number of carbonyl (C=O) groups is 1. The Morgan fingerprint density at radius 2 is 2.04 bits per heavy atom. The molecule has 0 unspecified atom stereocenters. The average Bonchev–Trinajstić information content (AvgIpc) is 3.09. The van der Waals surface area contributed by atoms with Crippen molar-refractivity contribution in [2.45, 2.75) is 19.8 Å². The number of anilines is 3. The van der Waals surface area contributed by atoms with E-state index in [4.69, 9.17) is 0 Å². The first-order valence-corrected chi connectivity index (χ1v) is 9.08. The van der Waals surface area contributed by atoms with Gasteiger partial charge in [0.05, 0.1) is 0 Å². The molecule has 25 heavy (non-hydrogen) atoms. The van der Waals surface area contributed by atoms with Crippen molar-refractivity contribution >= 4 is 34.6 Å². The topological polar surface area (TPSA) is 58.1 Å². The molecular weight excluding hydrogens is 332 g/mol. The number of hydrogen-bond acceptors (Lipinski definition) is 5. The molecule has 0 atom stereocenters. The van der Waals surface area contributed by atoms with Crippen molar-refractivity contribution < 1.29 is 4.79 Å². The molecular formula is C19H18N4OS. The van der Waals surface area contributed by atoms with Gasteiger partial charge in [0, 0.05) is 23.3 Å². The Labute approximate surface area is 150 Å². The summed E-state index contributed by atoms with van der Waals surface area (Å²) in [5.41, 5.74) is 2.17. The minimum absolute atomic E-state index is 0.205. The van der Waals surface area contributed by atoms with Crippen LogP contribution >= 0.6 is 11.3 Å². The number of rotatable bonds is 3. The maximum absolute atomic E-state index is 12.5. The van der Waals surface area contributed by atoms with E-state index in [2.05, 4.69) is 32.3 Å². The third kappa shape index (κ3) is 3.25. The summed E-state index contributed by atoms with van der Waals surface area (Å²) in [5, 5.41) is 3.31. The summed E-state index contributed by atoms with van der Waals surface area (Å²) < 4.78 is 0. The summed E-state index contributed by atoms with van der Waals surface area (Å²) in [6.07, 6.45) is 3.76. The van der Waals surface area contributed by atoms with Crippen molar-refractivity contribution in [3.63, 3.8) is 0 Å². The number of nitrogens with one attached hydrogen (secondary N) is 1. The highest BCUT2D eigenvalue weighted by molar-refractivity contribution is 7.14. The Balaban J connectivity index is 1.59. The van der Waals surface area contributed by atoms with Gasteiger partial charge in [-0.15, -0.1) is 11.3 Å². The second kappa shape index (κ2) is 6.64. The molecule has 1 aromatic carbocycles. The van der Waals surface area contributed by atoms with Gasteiger partial charge in [-0.25, -0.2) is 9.97 Å². The van der Waals surface area contributed by atoms with E-state index in [-0.39, 0.29) is 5.91 Å². The lowest BCUT2D eigenvalue weighted by atomic mass is 10.1. The first-order valence-electron chi connectivity index (χ1n) is 8.27. The molecule has 2 aromatic heterocycles. The van der Waals surface area contributed by atoms with Gasteiger partial charge in [-0.1, -0.05) is 24.3 Å². The quantitative estimate of drug-likeness (QED) is 0.770. The lowest BCUT2D eigenvalue weighted by molar-refractivity contribution is 0.102. The van der Waals surface area contributed by atoms with Crippen LogP contribution in [0.25, 0.3) is 0 Å². The van der Waals surface area contributed by atoms with Gasteiger partial charge in [-0.2, -0.15) is 0 Å². The zero-order chi connectivity index (χ0) is 17.2. The molecule has 0 saturated heterocycles. The smallest absolute Gasteiger partial charge is 0.285 e. The van der Waals surface area contributed by atoms with Crippen LogP contribution < -0.4 is 10.2 Å². The maximum Gasteiger partial charge on any atom is 0.285 e. The Hall–Kier alpha value is -2.73. The highest BCUT2D eigenvalue weighted by Gasteiger charge is 2.25. The average molecular weight is 350 g/mol. The van der Waals surface area contributed by atoms with Crippen LogP contribution in [0.3, 0.4) is 0 Å². The number of para-hydroxylation sites is 1. The van der Waals surface area contributed by atoms with Gasteiger partial charge in [-0.3, -0.25) is 4.79 Å². The highest BCUT2D eigenvalue weighted by Crippen LogP contribution is 2.36. The normalized spacial score (nSPS) is 13.4. The number of aromatic nitrogens is 2. The number of pyridine rings is 1. The molecule has 4 rings (SSSR count). The van der Waals surface area contributed by atoms with E-state index in [1.54, 1.807) is 12.3 Å². The van der Waals surface area contributed by atoms with Crippen LogP contribution in [0, 0.1) is 6.92 Å². The van der Waals surface area contributed by atoms with Crippen molar-refractivity contribution in [1.82, 2.24) is 9.97 Å². The van der Waals surface area contributed by atoms with Crippen LogP contribution in [0.5, 0.6) is 0 Å². The van der Waals surface area contributed by atoms with Gasteiger partial charge in [0.25, 0.3) is 5.91 Å². The number of hydrogen-bond donors (Lipinski definition) is 1. The predicted molar refractivity (Wildman–Crippen MR) is 101 cm³/mol. The fraction of sp³-hybridized carbons (Fsp3) is 0.211. The molecule has 1 N–H and O–H groups in total. The molecule has 0 saturated carbocycles. The van der Waals surface area contributed by atoms with E-state index in [1.807, 2.05) is 31.2 Å². The maximum atomic E-state index is 12.5. The largest absolute Gasteiger partial charge is 0.325 e. The standard InChI is InChI=1S/C19H18N4OS/c1-13-9-10-16(20-12-13)21-18(24)19-22-17-15(25-19)8-5-11-23(17)14-6-3-2-4-7-14/h2-4,6-7,9-10,12H,5,8,11H2,1H3,(H,20,21,24). The second-order valence-electron chi connectivity index (χ2n) is 6.03. The number of fused-ring (bicyclic) bond motifs is 1. The Morgan fingerprint density at radius 3 is 2.80 bits per heavy atom. The van der Waals surface area contributed by atoms with E-state index in [0.29, 0.717) is 10.8 Å². The SMILES string of the molecule is Cc1ccc(NC(=O)c2nc3c(s2)CCCN3c2ccccc2)nc1. The van der Waals surface area contributed by atoms with Crippen molar-refractivity contribution in [1.29, 1.82) is 0 Å². The fourth-order valence-electron chi connectivity index (χ4n) is 2.89. The van der Waals surface area contributed by atoms with Crippen LogP contribution in [0.2, 0.25) is 0 Å². The van der Waals surface area contributed by atoms with Gasteiger partial charge >= 0.3 is 0 Å². The molecule has 0 aliphatic carbocycles. The number of nitrogens with zero attached hydrogens (tertiary/aromatic N) is 3. The molecule has 6 heteroatoms. The van der Waals surface area contributed by atoms with Crippen LogP contribution in [0.4, 0.5) is 17.3 Å². The van der Waals surface area contributed by atoms with Crippen molar-refractivity contribution in [2.24, 2.45) is 0 Å². The predicted octanol–water partition coefficient (Wildman–Crippen LogP) is 4.18. The number of thiazole rings is 1. The first kappa shape index (κ1) is 15.8. The van der Waals surface area contributed by atoms with Crippen molar-refractivity contribution in [3.8, 4) is 0 Å². The molecule has 1 aliphatic rings. The summed E-state index contributed by atoms with van der Waals surface area (Å²) in [6, 6.07) is 13.9. The second-order valence-corrected chi connectivity index (χ2v) is 7.12. The summed E-state index contributed by atoms with van der Waals surface area (Å²) in [7, 11) is 0. The highest BCUT2D eigenvalue weighted by atomic mass is 32.1. The van der Waals surface area contributed by atoms with Gasteiger partial charge in [0.2, 0.25) is 0 Å². The van der Waals surface area contributed by atoms with Gasteiger partial charge in [0.1, 0.15) is 11.6 Å². The monoisotopic (exact) mass is 350 g/mol. The third-order valence-corrected chi connectivity index (χ3v) is 5.24. The molecule has 3 heterocycles. The molecule has 0 radical (unpaired) electrons. The lowest BCUT2D eigenvalue weighted by Gasteiger charge is -2.27. The molecule has 5 nitrogen and oxygen atoms in total. The number of amides is 1. The van der Waals surface area contributed by atoms with E-state index >= 15 is 0 Å². The van der Waals surface area contributed by atoms with Crippen LogP contribution in [-0.4, -0.2) is 22.4 Å². The van der Waals surface area contributed by atoms with Gasteiger partial charge in [0.15, 0.2) is 5.01 Å². The van der Waals surface area contributed by atoms with Gasteiger partial charge < -0.3 is 10.2 Å². The van der Waals surface area contributed by atoms with E-state index in [1.165, 1.54) is 11.3 Å². The molecule has 1 amide bonds. The lowest BCUT2D eigenvalue weighted by Crippen LogP contribution is -2.24. The number of benzene rings is 1. The Kier molecular flexibility index (Phi) is 4.19. The zero-order valence-electron chi connectivity index (χ0n) is 13.9. The Morgan fingerprint density at radius 1 is 1.20 bits per heavy atom. The van der Waals surface area contributed by atoms with Crippen molar-refractivity contribution in [3.05, 3.63) is 64.1 Å². The molecule has 0 bridgehead atoms. The van der Waals surface area contributed by atoms with Crippen LogP contribution in [-0.2, 0) is 6.42 Å². The van der Waals surface area contributed by atoms with E-state index in [9.17, 15) is 4.79 Å². The number of aryl methyl sites for hydroxylation is 2. The minimum atomic E-state index is -0.205. The first-order chi connectivity index (χ1) is 12.2. The zero-order valence-corrected chi connectivity index (χ0v) is 14.7. The molecule has 0 fully saturated rings. The summed E-state index contributed by atoms with van der Waals surface area (Å²) in [4.78, 5) is 24.7. The molecule has 1 aliphatic heterocycles. The summed E-state index contributed by atoms with van der Waals surface area (Å²) >= 11 is 1.47. The van der Waals surface area contributed by atoms with E-state index < -0.39 is 0 Å². The molecule has 126 valence electrons. The van der Waals surface area contributed by atoms with Gasteiger partial charge in [-0.05, 0) is 43.5 Å². The molecule has 3 aromatic rings. The summed E-state index contributed by atoms with van der Waals surface area (Å²) in [5.74, 6) is 1.25. The van der Waals surface area contributed by atoms with E-state index in [0.717, 1.165) is 41.3 Å². The van der Waals surface area contributed by atoms with Crippen molar-refractivity contribution in [2.75, 3.05) is 16.8 Å². The Bertz CT molecular complexity index is 890.